The van der Waals surface area contributed by atoms with Crippen LogP contribution in [0.5, 0.6) is 0 Å². The van der Waals surface area contributed by atoms with Crippen molar-refractivity contribution in [3.05, 3.63) is 29.3 Å². The van der Waals surface area contributed by atoms with Gasteiger partial charge in [0.15, 0.2) is 9.84 Å². The molecule has 0 aliphatic heterocycles. The molecular weight excluding hydrogens is 310 g/mol. The topological polar surface area (TPSA) is 80.3 Å². The SMILES string of the molecule is CS(=O)(=O)CCNCCS(=O)(=O)c1ccc(Cl)cc1. The number of nitrogens with one attached hydrogen (secondary N) is 1. The zero-order chi connectivity index (χ0) is 14.5. The Morgan fingerprint density at radius 2 is 1.53 bits per heavy atom. The summed E-state index contributed by atoms with van der Waals surface area (Å²) in [5.41, 5.74) is 0. The van der Waals surface area contributed by atoms with Crippen molar-refractivity contribution in [3.63, 3.8) is 0 Å². The summed E-state index contributed by atoms with van der Waals surface area (Å²) in [4.78, 5) is 0.210. The fraction of sp³-hybridized carbons (Fsp3) is 0.455. The molecule has 0 aromatic heterocycles. The van der Waals surface area contributed by atoms with E-state index in [4.69, 9.17) is 11.6 Å². The third-order valence-corrected chi connectivity index (χ3v) is 5.30. The molecule has 0 amide bonds. The normalized spacial score (nSPS) is 12.5. The Hall–Kier alpha value is -0.630. The van der Waals surface area contributed by atoms with Gasteiger partial charge in [0.25, 0.3) is 0 Å². The lowest BCUT2D eigenvalue weighted by molar-refractivity contribution is 0.590. The maximum atomic E-state index is 11.9. The Kier molecular flexibility index (Phi) is 5.79. The van der Waals surface area contributed by atoms with Gasteiger partial charge in [-0.1, -0.05) is 11.6 Å². The van der Waals surface area contributed by atoms with Crippen LogP contribution in [0.4, 0.5) is 0 Å². The van der Waals surface area contributed by atoms with Crippen molar-refractivity contribution < 1.29 is 16.8 Å². The van der Waals surface area contributed by atoms with Crippen LogP contribution in [0.1, 0.15) is 0 Å². The molecule has 1 aromatic carbocycles. The fourth-order valence-corrected chi connectivity index (χ4v) is 3.19. The summed E-state index contributed by atoms with van der Waals surface area (Å²) in [5, 5.41) is 3.27. The molecule has 0 fully saturated rings. The Morgan fingerprint density at radius 1 is 1.00 bits per heavy atom. The molecule has 1 rings (SSSR count). The van der Waals surface area contributed by atoms with E-state index in [1.54, 1.807) is 0 Å². The third-order valence-electron chi connectivity index (χ3n) is 2.37. The number of sulfone groups is 2. The summed E-state index contributed by atoms with van der Waals surface area (Å²) in [6.07, 6.45) is 1.14. The van der Waals surface area contributed by atoms with Crippen LogP contribution in [0.2, 0.25) is 5.02 Å². The van der Waals surface area contributed by atoms with Crippen molar-refractivity contribution in [1.29, 1.82) is 0 Å². The van der Waals surface area contributed by atoms with Gasteiger partial charge >= 0.3 is 0 Å². The monoisotopic (exact) mass is 325 g/mol. The first-order chi connectivity index (χ1) is 8.71. The summed E-state index contributed by atoms with van der Waals surface area (Å²) in [6.45, 7) is 0.454. The van der Waals surface area contributed by atoms with Crippen molar-refractivity contribution >= 4 is 31.3 Å². The first-order valence-electron chi connectivity index (χ1n) is 5.57. The highest BCUT2D eigenvalue weighted by molar-refractivity contribution is 7.91. The number of hydrogen-bond donors (Lipinski definition) is 1. The molecule has 5 nitrogen and oxygen atoms in total. The molecule has 0 saturated carbocycles. The van der Waals surface area contributed by atoms with E-state index in [-0.39, 0.29) is 29.5 Å². The third kappa shape index (κ3) is 6.38. The van der Waals surface area contributed by atoms with Gasteiger partial charge in [0.2, 0.25) is 0 Å². The van der Waals surface area contributed by atoms with Crippen LogP contribution in [0.25, 0.3) is 0 Å². The second kappa shape index (κ2) is 6.69. The molecule has 0 saturated heterocycles. The lowest BCUT2D eigenvalue weighted by Gasteiger charge is -2.06. The van der Waals surface area contributed by atoms with Crippen LogP contribution in [0.3, 0.4) is 0 Å². The first-order valence-corrected chi connectivity index (χ1v) is 9.66. The van der Waals surface area contributed by atoms with Gasteiger partial charge in [0.05, 0.1) is 16.4 Å². The fourth-order valence-electron chi connectivity index (χ4n) is 1.35. The second-order valence-corrected chi connectivity index (χ2v) is 8.96. The molecule has 0 bridgehead atoms. The molecule has 0 radical (unpaired) electrons. The van der Waals surface area contributed by atoms with Crippen molar-refractivity contribution in [2.75, 3.05) is 30.9 Å². The zero-order valence-electron chi connectivity index (χ0n) is 10.5. The number of benzene rings is 1. The summed E-state index contributed by atoms with van der Waals surface area (Å²) >= 11 is 5.69. The van der Waals surface area contributed by atoms with Crippen molar-refractivity contribution in [2.45, 2.75) is 4.90 Å². The van der Waals surface area contributed by atoms with Gasteiger partial charge in [-0.05, 0) is 24.3 Å². The van der Waals surface area contributed by atoms with E-state index in [0.717, 1.165) is 6.26 Å². The molecule has 0 spiro atoms. The van der Waals surface area contributed by atoms with Gasteiger partial charge in [-0.2, -0.15) is 0 Å². The summed E-state index contributed by atoms with van der Waals surface area (Å²) in [7, 11) is -6.39. The molecule has 1 aromatic rings. The molecule has 0 heterocycles. The highest BCUT2D eigenvalue weighted by Crippen LogP contribution is 2.14. The van der Waals surface area contributed by atoms with Crippen LogP contribution >= 0.6 is 11.6 Å². The van der Waals surface area contributed by atoms with Crippen LogP contribution in [0, 0.1) is 0 Å². The van der Waals surface area contributed by atoms with Crippen molar-refractivity contribution in [1.82, 2.24) is 5.32 Å². The summed E-state index contributed by atoms with van der Waals surface area (Å²) in [6, 6.07) is 5.94. The number of hydrogen-bond acceptors (Lipinski definition) is 5. The molecule has 0 aliphatic carbocycles. The van der Waals surface area contributed by atoms with E-state index in [0.29, 0.717) is 5.02 Å². The minimum Gasteiger partial charge on any atom is -0.315 e. The van der Waals surface area contributed by atoms with Gasteiger partial charge in [-0.15, -0.1) is 0 Å². The van der Waals surface area contributed by atoms with Gasteiger partial charge in [0.1, 0.15) is 9.84 Å². The standard InChI is InChI=1S/C11H16ClNO4S2/c1-18(14,15)8-6-13-7-9-19(16,17)11-4-2-10(12)3-5-11/h2-5,13H,6-9H2,1H3. The molecule has 0 aliphatic rings. The van der Waals surface area contributed by atoms with Crippen molar-refractivity contribution in [3.8, 4) is 0 Å². The number of halogens is 1. The quantitative estimate of drug-likeness (QED) is 0.748. The van der Waals surface area contributed by atoms with Crippen LogP contribution in [-0.2, 0) is 19.7 Å². The van der Waals surface area contributed by atoms with E-state index in [1.165, 1.54) is 24.3 Å². The van der Waals surface area contributed by atoms with Crippen LogP contribution < -0.4 is 5.32 Å². The Bertz CT molecular complexity index is 609. The molecule has 0 atom stereocenters. The first kappa shape index (κ1) is 16.4. The predicted molar refractivity (Wildman–Crippen MR) is 76.1 cm³/mol. The zero-order valence-corrected chi connectivity index (χ0v) is 12.9. The van der Waals surface area contributed by atoms with Gasteiger partial charge in [-0.3, -0.25) is 0 Å². The van der Waals surface area contributed by atoms with E-state index in [9.17, 15) is 16.8 Å². The Labute approximate surface area is 118 Å². The minimum absolute atomic E-state index is 0.00596. The van der Waals surface area contributed by atoms with E-state index >= 15 is 0 Å². The molecule has 0 unspecified atom stereocenters. The molecule has 1 N–H and O–H groups in total. The minimum atomic E-state index is -3.36. The van der Waals surface area contributed by atoms with Gasteiger partial charge < -0.3 is 5.32 Å². The molecule has 108 valence electrons. The van der Waals surface area contributed by atoms with Crippen LogP contribution in [-0.4, -0.2) is 47.7 Å². The maximum absolute atomic E-state index is 11.9. The second-order valence-electron chi connectivity index (χ2n) is 4.15. The summed E-state index contributed by atoms with van der Waals surface area (Å²) in [5.74, 6) is -0.0909. The number of rotatable bonds is 7. The van der Waals surface area contributed by atoms with E-state index in [1.807, 2.05) is 0 Å². The Morgan fingerprint density at radius 3 is 2.05 bits per heavy atom. The maximum Gasteiger partial charge on any atom is 0.179 e. The average Bonchev–Trinajstić information content (AvgIpc) is 2.27. The average molecular weight is 326 g/mol. The van der Waals surface area contributed by atoms with Crippen LogP contribution in [0.15, 0.2) is 29.2 Å². The van der Waals surface area contributed by atoms with Gasteiger partial charge in [0, 0.05) is 24.4 Å². The smallest absolute Gasteiger partial charge is 0.179 e. The lowest BCUT2D eigenvalue weighted by Crippen LogP contribution is -2.27. The molecule has 19 heavy (non-hydrogen) atoms. The summed E-state index contributed by atoms with van der Waals surface area (Å²) < 4.78 is 45.6. The van der Waals surface area contributed by atoms with Gasteiger partial charge in [-0.25, -0.2) is 16.8 Å². The highest BCUT2D eigenvalue weighted by Gasteiger charge is 2.13. The lowest BCUT2D eigenvalue weighted by atomic mass is 10.4. The van der Waals surface area contributed by atoms with E-state index < -0.39 is 19.7 Å². The largest absolute Gasteiger partial charge is 0.315 e. The predicted octanol–water partition coefficient (Wildman–Crippen LogP) is 0.748. The highest BCUT2D eigenvalue weighted by atomic mass is 35.5. The Balaban J connectivity index is 2.46. The molecule has 8 heteroatoms. The molecular formula is C11H16ClNO4S2. The van der Waals surface area contributed by atoms with Crippen molar-refractivity contribution in [2.24, 2.45) is 0 Å². The van der Waals surface area contributed by atoms with E-state index in [2.05, 4.69) is 5.32 Å².